The summed E-state index contributed by atoms with van der Waals surface area (Å²) in [5, 5.41) is 4.44. The topological polar surface area (TPSA) is 86.1 Å². The molecule has 2 aromatic heterocycles. The summed E-state index contributed by atoms with van der Waals surface area (Å²) in [6.07, 6.45) is 7.05. The Morgan fingerprint density at radius 2 is 1.92 bits per heavy atom. The lowest BCUT2D eigenvalue weighted by Gasteiger charge is -2.20. The van der Waals surface area contributed by atoms with Gasteiger partial charge in [0.05, 0.1) is 0 Å². The molecule has 1 aliphatic rings. The summed E-state index contributed by atoms with van der Waals surface area (Å²) in [5.74, 6) is 0.975. The highest BCUT2D eigenvalue weighted by atomic mass is 35.5. The van der Waals surface area contributed by atoms with Crippen molar-refractivity contribution in [2.75, 3.05) is 31.7 Å². The second kappa shape index (κ2) is 11.5. The number of benzene rings is 2. The van der Waals surface area contributed by atoms with Crippen LogP contribution in [0.3, 0.4) is 0 Å². The minimum Gasteiger partial charge on any atom is -0.612 e. The van der Waals surface area contributed by atoms with Crippen molar-refractivity contribution < 1.29 is 4.55 Å². The van der Waals surface area contributed by atoms with E-state index >= 15 is 0 Å². The smallest absolute Gasteiger partial charge is 0.260 e. The second-order valence-electron chi connectivity index (χ2n) is 9.88. The number of rotatable bonds is 6. The van der Waals surface area contributed by atoms with Gasteiger partial charge in [-0.15, -0.1) is 0 Å². The highest BCUT2D eigenvalue weighted by molar-refractivity contribution is 7.90. The average molecular weight is 550 g/mol. The van der Waals surface area contributed by atoms with Gasteiger partial charge in [0, 0.05) is 52.6 Å². The van der Waals surface area contributed by atoms with Crippen molar-refractivity contribution in [3.63, 3.8) is 0 Å². The average Bonchev–Trinajstić information content (AvgIpc) is 3.13. The molecule has 4 aromatic rings. The number of likely N-dealkylation sites (N-methyl/N-ethyl adjacent to an activating group) is 1. The maximum absolute atomic E-state index is 13.5. The van der Waals surface area contributed by atoms with Crippen LogP contribution in [0.5, 0.6) is 0 Å². The van der Waals surface area contributed by atoms with Crippen molar-refractivity contribution in [1.82, 2.24) is 19.4 Å². The molecule has 1 N–H and O–H groups in total. The molecule has 1 fully saturated rings. The molecule has 3 heterocycles. The van der Waals surface area contributed by atoms with E-state index in [0.29, 0.717) is 45.1 Å². The van der Waals surface area contributed by atoms with Crippen LogP contribution in [0.4, 0.5) is 11.6 Å². The Kier molecular flexibility index (Phi) is 8.04. The van der Waals surface area contributed by atoms with Crippen LogP contribution in [0, 0.1) is 0 Å². The Balaban J connectivity index is 1.45. The number of hydrogen-bond donors (Lipinski definition) is 1. The SMILES string of the molecule is CCn1c(=O)c(-c2cc([S+](C)[O-])ccc2Cl)cc2cnc(Nc3ccc(C4CCCCN(C)C4)cc3)nc21. The largest absolute Gasteiger partial charge is 0.612 e. The quantitative estimate of drug-likeness (QED) is 0.305. The van der Waals surface area contributed by atoms with E-state index in [0.717, 1.165) is 17.6 Å². The molecular formula is C29H32ClN5O2S. The molecule has 2 aromatic carbocycles. The number of halogens is 1. The molecule has 0 saturated carbocycles. The van der Waals surface area contributed by atoms with Crippen molar-refractivity contribution in [3.05, 3.63) is 75.7 Å². The fourth-order valence-electron chi connectivity index (χ4n) is 5.17. The van der Waals surface area contributed by atoms with E-state index < -0.39 is 11.2 Å². The van der Waals surface area contributed by atoms with Gasteiger partial charge < -0.3 is 14.8 Å². The van der Waals surface area contributed by atoms with E-state index in [9.17, 15) is 9.35 Å². The molecular weight excluding hydrogens is 518 g/mol. The van der Waals surface area contributed by atoms with Crippen LogP contribution in [-0.4, -0.2) is 50.4 Å². The molecule has 9 heteroatoms. The van der Waals surface area contributed by atoms with E-state index in [-0.39, 0.29) is 5.56 Å². The van der Waals surface area contributed by atoms with E-state index in [4.69, 9.17) is 16.6 Å². The van der Waals surface area contributed by atoms with Gasteiger partial charge in [0.25, 0.3) is 5.56 Å². The van der Waals surface area contributed by atoms with Gasteiger partial charge >= 0.3 is 0 Å². The lowest BCUT2D eigenvalue weighted by atomic mass is 9.94. The number of pyridine rings is 1. The number of hydrogen-bond acceptors (Lipinski definition) is 6. The third kappa shape index (κ3) is 5.59. The van der Waals surface area contributed by atoms with Crippen LogP contribution >= 0.6 is 11.6 Å². The first kappa shape index (κ1) is 26.7. The van der Waals surface area contributed by atoms with Crippen LogP contribution < -0.4 is 10.9 Å². The molecule has 2 unspecified atom stereocenters. The number of anilines is 2. The summed E-state index contributed by atoms with van der Waals surface area (Å²) < 4.78 is 13.6. The monoisotopic (exact) mass is 549 g/mol. The minimum atomic E-state index is -1.19. The summed E-state index contributed by atoms with van der Waals surface area (Å²) in [4.78, 5) is 25.7. The van der Waals surface area contributed by atoms with Crippen molar-refractivity contribution in [2.45, 2.75) is 43.5 Å². The van der Waals surface area contributed by atoms with Gasteiger partial charge in [0.1, 0.15) is 11.9 Å². The number of likely N-dealkylation sites (tertiary alicyclic amines) is 1. The van der Waals surface area contributed by atoms with Crippen molar-refractivity contribution >= 4 is 45.4 Å². The number of aryl methyl sites for hydroxylation is 1. The van der Waals surface area contributed by atoms with E-state index in [1.54, 1.807) is 41.3 Å². The molecule has 0 radical (unpaired) electrons. The zero-order valence-corrected chi connectivity index (χ0v) is 23.5. The molecule has 0 aliphatic carbocycles. The van der Waals surface area contributed by atoms with Gasteiger partial charge in [0.15, 0.2) is 4.90 Å². The molecule has 0 spiro atoms. The van der Waals surface area contributed by atoms with Gasteiger partial charge in [-0.3, -0.25) is 9.36 Å². The molecule has 7 nitrogen and oxygen atoms in total. The molecule has 0 bridgehead atoms. The van der Waals surface area contributed by atoms with E-state index in [2.05, 4.69) is 46.5 Å². The van der Waals surface area contributed by atoms with E-state index in [1.807, 2.05) is 6.92 Å². The maximum Gasteiger partial charge on any atom is 0.260 e. The predicted molar refractivity (Wildman–Crippen MR) is 156 cm³/mol. The van der Waals surface area contributed by atoms with Crippen LogP contribution in [0.15, 0.2) is 64.4 Å². The summed E-state index contributed by atoms with van der Waals surface area (Å²) in [5.41, 5.74) is 3.57. The zero-order valence-electron chi connectivity index (χ0n) is 21.9. The normalized spacial score (nSPS) is 17.3. The maximum atomic E-state index is 13.5. The van der Waals surface area contributed by atoms with Crippen LogP contribution in [0.1, 0.15) is 37.7 Å². The molecule has 0 amide bonds. The molecule has 38 heavy (non-hydrogen) atoms. The summed E-state index contributed by atoms with van der Waals surface area (Å²) in [6.45, 7) is 4.59. The molecule has 1 saturated heterocycles. The van der Waals surface area contributed by atoms with E-state index in [1.165, 1.54) is 31.4 Å². The van der Waals surface area contributed by atoms with Crippen LogP contribution in [-0.2, 0) is 17.7 Å². The molecule has 1 aliphatic heterocycles. The van der Waals surface area contributed by atoms with Crippen molar-refractivity contribution in [3.8, 4) is 11.1 Å². The second-order valence-corrected chi connectivity index (χ2v) is 11.7. The lowest BCUT2D eigenvalue weighted by Crippen LogP contribution is -2.23. The molecule has 5 rings (SSSR count). The predicted octanol–water partition coefficient (Wildman–Crippen LogP) is 5.81. The van der Waals surface area contributed by atoms with Gasteiger partial charge in [-0.25, -0.2) is 4.98 Å². The molecule has 198 valence electrons. The fourth-order valence-corrected chi connectivity index (χ4v) is 5.93. The molecule has 2 atom stereocenters. The van der Waals surface area contributed by atoms with Crippen LogP contribution in [0.2, 0.25) is 5.02 Å². The first-order chi connectivity index (χ1) is 18.3. The minimum absolute atomic E-state index is 0.205. The Bertz CT molecular complexity index is 1510. The highest BCUT2D eigenvalue weighted by Crippen LogP contribution is 2.31. The standard InChI is InChI=1S/C29H32ClN5O2S/c1-4-35-27-21(15-25(28(35)36)24-16-23(38(3)37)12-13-26(24)30)17-31-29(33-27)32-22-10-8-19(9-11-22)20-7-5-6-14-34(2)18-20/h8-13,15-17,20H,4-7,14,18H2,1-3H3,(H,31,32,33). The fraction of sp³-hybridized carbons (Fsp3) is 0.345. The number of nitrogens with zero attached hydrogens (tertiary/aromatic N) is 4. The summed E-state index contributed by atoms with van der Waals surface area (Å²) in [6, 6.07) is 15.4. The van der Waals surface area contributed by atoms with Crippen molar-refractivity contribution in [2.24, 2.45) is 0 Å². The Labute approximate surface area is 231 Å². The lowest BCUT2D eigenvalue weighted by molar-refractivity contribution is 0.332. The number of aromatic nitrogens is 3. The van der Waals surface area contributed by atoms with Crippen LogP contribution in [0.25, 0.3) is 22.2 Å². The number of nitrogens with one attached hydrogen (secondary N) is 1. The van der Waals surface area contributed by atoms with Gasteiger partial charge in [-0.05, 0) is 86.3 Å². The highest BCUT2D eigenvalue weighted by Gasteiger charge is 2.19. The van der Waals surface area contributed by atoms with Gasteiger partial charge in [-0.2, -0.15) is 4.98 Å². The Hall–Kier alpha value is -2.91. The third-order valence-electron chi connectivity index (χ3n) is 7.22. The van der Waals surface area contributed by atoms with Gasteiger partial charge in [-0.1, -0.05) is 30.2 Å². The first-order valence-electron chi connectivity index (χ1n) is 12.9. The third-order valence-corrected chi connectivity index (χ3v) is 8.46. The van der Waals surface area contributed by atoms with Crippen molar-refractivity contribution in [1.29, 1.82) is 0 Å². The van der Waals surface area contributed by atoms with Gasteiger partial charge in [0.2, 0.25) is 5.95 Å². The first-order valence-corrected chi connectivity index (χ1v) is 14.9. The number of fused-ring (bicyclic) bond motifs is 1. The summed E-state index contributed by atoms with van der Waals surface area (Å²) in [7, 11) is 2.20. The Morgan fingerprint density at radius 1 is 1.13 bits per heavy atom. The zero-order chi connectivity index (χ0) is 26.8. The Morgan fingerprint density at radius 3 is 2.66 bits per heavy atom. The summed E-state index contributed by atoms with van der Waals surface area (Å²) >= 11 is 5.26.